The molecule has 1 fully saturated rings. The first-order valence-corrected chi connectivity index (χ1v) is 7.52. The predicted molar refractivity (Wildman–Crippen MR) is 86.1 cm³/mol. The average Bonchev–Trinajstić information content (AvgIpc) is 2.49. The summed E-state index contributed by atoms with van der Waals surface area (Å²) in [7, 11) is 3.91. The Morgan fingerprint density at radius 2 is 1.86 bits per heavy atom. The van der Waals surface area contributed by atoms with Gasteiger partial charge in [-0.15, -0.1) is 0 Å². The van der Waals surface area contributed by atoms with Crippen molar-refractivity contribution in [2.24, 2.45) is 5.73 Å². The molecule has 1 aliphatic rings. The summed E-state index contributed by atoms with van der Waals surface area (Å²) < 4.78 is 0. The molecule has 3 rings (SSSR count). The van der Waals surface area contributed by atoms with Gasteiger partial charge in [-0.25, -0.2) is 0 Å². The molecule has 0 heterocycles. The van der Waals surface area contributed by atoms with Gasteiger partial charge in [0.05, 0.1) is 6.04 Å². The minimum atomic E-state index is -0.867. The normalized spacial score (nSPS) is 26.5. The van der Waals surface area contributed by atoms with Gasteiger partial charge in [0.15, 0.2) is 5.78 Å². The van der Waals surface area contributed by atoms with Gasteiger partial charge in [-0.2, -0.15) is 0 Å². The van der Waals surface area contributed by atoms with E-state index < -0.39 is 5.54 Å². The SMILES string of the molecule is CN(C)C1CCCC(N)(c2cccc3ccccc23)C1=O. The number of nitrogens with two attached hydrogens (primary N) is 1. The summed E-state index contributed by atoms with van der Waals surface area (Å²) in [6.07, 6.45) is 2.61. The fourth-order valence-corrected chi connectivity index (χ4v) is 3.50. The van der Waals surface area contributed by atoms with E-state index in [1.807, 2.05) is 43.3 Å². The van der Waals surface area contributed by atoms with Crippen molar-refractivity contribution in [3.8, 4) is 0 Å². The maximum atomic E-state index is 13.0. The third-order valence-electron chi connectivity index (χ3n) is 4.68. The first-order chi connectivity index (χ1) is 10.0. The fraction of sp³-hybridized carbons (Fsp3) is 0.389. The molecule has 3 nitrogen and oxygen atoms in total. The second-order valence-corrected chi connectivity index (χ2v) is 6.23. The van der Waals surface area contributed by atoms with Gasteiger partial charge in [-0.3, -0.25) is 9.69 Å². The molecule has 0 bridgehead atoms. The summed E-state index contributed by atoms with van der Waals surface area (Å²) >= 11 is 0. The van der Waals surface area contributed by atoms with E-state index in [1.165, 1.54) is 0 Å². The summed E-state index contributed by atoms with van der Waals surface area (Å²) in [5.74, 6) is 0.148. The Morgan fingerprint density at radius 1 is 1.14 bits per heavy atom. The Morgan fingerprint density at radius 3 is 2.62 bits per heavy atom. The van der Waals surface area contributed by atoms with Gasteiger partial charge in [0.2, 0.25) is 0 Å². The van der Waals surface area contributed by atoms with Crippen LogP contribution in [0.4, 0.5) is 0 Å². The molecule has 0 aliphatic heterocycles. The lowest BCUT2D eigenvalue weighted by Gasteiger charge is -2.39. The minimum Gasteiger partial charge on any atom is -0.315 e. The van der Waals surface area contributed by atoms with Gasteiger partial charge >= 0.3 is 0 Å². The molecule has 0 radical (unpaired) electrons. The molecular weight excluding hydrogens is 260 g/mol. The number of likely N-dealkylation sites (N-methyl/N-ethyl adjacent to an activating group) is 1. The van der Waals surface area contributed by atoms with Crippen molar-refractivity contribution in [1.82, 2.24) is 4.90 Å². The number of Topliss-reactive ketones (excluding diaryl/α,β-unsaturated/α-hetero) is 1. The maximum Gasteiger partial charge on any atom is 0.174 e. The lowest BCUT2D eigenvalue weighted by molar-refractivity contribution is -0.131. The number of rotatable bonds is 2. The minimum absolute atomic E-state index is 0.0808. The molecule has 110 valence electrons. The van der Waals surface area contributed by atoms with Crippen molar-refractivity contribution in [1.29, 1.82) is 0 Å². The molecule has 1 saturated carbocycles. The number of carbonyl (C=O) groups excluding carboxylic acids is 1. The van der Waals surface area contributed by atoms with Crippen LogP contribution in [0.2, 0.25) is 0 Å². The highest BCUT2D eigenvalue weighted by Gasteiger charge is 2.44. The van der Waals surface area contributed by atoms with E-state index in [-0.39, 0.29) is 11.8 Å². The first-order valence-electron chi connectivity index (χ1n) is 7.52. The van der Waals surface area contributed by atoms with E-state index in [2.05, 4.69) is 18.2 Å². The lowest BCUT2D eigenvalue weighted by atomic mass is 9.72. The van der Waals surface area contributed by atoms with Gasteiger partial charge in [0, 0.05) is 0 Å². The van der Waals surface area contributed by atoms with E-state index in [0.29, 0.717) is 0 Å². The molecule has 2 atom stereocenters. The highest BCUT2D eigenvalue weighted by molar-refractivity contribution is 5.99. The van der Waals surface area contributed by atoms with Gasteiger partial charge in [-0.05, 0) is 49.7 Å². The molecule has 0 aromatic heterocycles. The van der Waals surface area contributed by atoms with Gasteiger partial charge in [-0.1, -0.05) is 42.5 Å². The zero-order valence-corrected chi connectivity index (χ0v) is 12.7. The molecule has 0 saturated heterocycles. The molecular formula is C18H22N2O. The Hall–Kier alpha value is -1.71. The van der Waals surface area contributed by atoms with Crippen LogP contribution >= 0.6 is 0 Å². The number of benzene rings is 2. The molecule has 0 amide bonds. The molecule has 2 unspecified atom stereocenters. The third kappa shape index (κ3) is 2.27. The van der Waals surface area contributed by atoms with E-state index in [4.69, 9.17) is 5.73 Å². The summed E-state index contributed by atoms with van der Waals surface area (Å²) in [5.41, 5.74) is 6.74. The van der Waals surface area contributed by atoms with Crippen molar-refractivity contribution in [2.45, 2.75) is 30.8 Å². The summed E-state index contributed by atoms with van der Waals surface area (Å²) in [6, 6.07) is 14.1. The molecule has 2 aromatic carbocycles. The quantitative estimate of drug-likeness (QED) is 0.921. The number of hydrogen-bond donors (Lipinski definition) is 1. The van der Waals surface area contributed by atoms with Crippen molar-refractivity contribution >= 4 is 16.6 Å². The van der Waals surface area contributed by atoms with Crippen LogP contribution in [0.15, 0.2) is 42.5 Å². The largest absolute Gasteiger partial charge is 0.315 e. The van der Waals surface area contributed by atoms with Crippen LogP contribution in [0, 0.1) is 0 Å². The third-order valence-corrected chi connectivity index (χ3v) is 4.68. The molecule has 1 aliphatic carbocycles. The monoisotopic (exact) mass is 282 g/mol. The van der Waals surface area contributed by atoms with Crippen LogP contribution in [-0.4, -0.2) is 30.8 Å². The van der Waals surface area contributed by atoms with E-state index in [9.17, 15) is 4.79 Å². The van der Waals surface area contributed by atoms with Crippen LogP contribution in [-0.2, 0) is 10.3 Å². The molecule has 21 heavy (non-hydrogen) atoms. The van der Waals surface area contributed by atoms with Crippen LogP contribution in [0.5, 0.6) is 0 Å². The second kappa shape index (κ2) is 5.24. The maximum absolute atomic E-state index is 13.0. The Kier molecular flexibility index (Phi) is 3.56. The number of carbonyl (C=O) groups is 1. The fourth-order valence-electron chi connectivity index (χ4n) is 3.50. The van der Waals surface area contributed by atoms with Crippen LogP contribution in [0.3, 0.4) is 0 Å². The molecule has 2 N–H and O–H groups in total. The van der Waals surface area contributed by atoms with Gasteiger partial charge < -0.3 is 5.73 Å². The smallest absolute Gasteiger partial charge is 0.174 e. The highest BCUT2D eigenvalue weighted by atomic mass is 16.1. The van der Waals surface area contributed by atoms with Crippen LogP contribution in [0.1, 0.15) is 24.8 Å². The summed E-state index contributed by atoms with van der Waals surface area (Å²) in [4.78, 5) is 15.0. The lowest BCUT2D eigenvalue weighted by Crippen LogP contribution is -2.56. The van der Waals surface area contributed by atoms with Gasteiger partial charge in [0.25, 0.3) is 0 Å². The van der Waals surface area contributed by atoms with Gasteiger partial charge in [0.1, 0.15) is 5.54 Å². The zero-order chi connectivity index (χ0) is 15.0. The predicted octanol–water partition coefficient (Wildman–Crippen LogP) is 2.68. The number of ketones is 1. The van der Waals surface area contributed by atoms with Crippen LogP contribution < -0.4 is 5.73 Å². The summed E-state index contributed by atoms with van der Waals surface area (Å²) in [5, 5.41) is 2.23. The highest BCUT2D eigenvalue weighted by Crippen LogP contribution is 2.37. The van der Waals surface area contributed by atoms with E-state index >= 15 is 0 Å². The molecule has 2 aromatic rings. The molecule has 3 heteroatoms. The van der Waals surface area contributed by atoms with Crippen molar-refractivity contribution in [3.63, 3.8) is 0 Å². The Bertz CT molecular complexity index is 674. The topological polar surface area (TPSA) is 46.3 Å². The molecule has 0 spiro atoms. The average molecular weight is 282 g/mol. The number of nitrogens with zero attached hydrogens (tertiary/aromatic N) is 1. The first kappa shape index (κ1) is 14.2. The van der Waals surface area contributed by atoms with Crippen molar-refractivity contribution < 1.29 is 4.79 Å². The Balaban J connectivity index is 2.14. The van der Waals surface area contributed by atoms with E-state index in [1.54, 1.807) is 0 Å². The summed E-state index contributed by atoms with van der Waals surface area (Å²) in [6.45, 7) is 0. The van der Waals surface area contributed by atoms with Crippen molar-refractivity contribution in [2.75, 3.05) is 14.1 Å². The zero-order valence-electron chi connectivity index (χ0n) is 12.7. The number of fused-ring (bicyclic) bond motifs is 1. The van der Waals surface area contributed by atoms with Crippen LogP contribution in [0.25, 0.3) is 10.8 Å². The van der Waals surface area contributed by atoms with Crippen molar-refractivity contribution in [3.05, 3.63) is 48.0 Å². The Labute approximate surface area is 125 Å². The standard InChI is InChI=1S/C18H22N2O/c1-20(2)16-11-6-12-18(19,17(16)21)15-10-5-8-13-7-3-4-9-14(13)15/h3-5,7-10,16H,6,11-12,19H2,1-2H3. The second-order valence-electron chi connectivity index (χ2n) is 6.23. The van der Waals surface area contributed by atoms with E-state index in [0.717, 1.165) is 35.6 Å². The number of hydrogen-bond acceptors (Lipinski definition) is 3.